The van der Waals surface area contributed by atoms with Crippen LogP contribution >= 0.6 is 0 Å². The summed E-state index contributed by atoms with van der Waals surface area (Å²) in [6, 6.07) is 5.61. The molecule has 0 heterocycles. The molecule has 0 aliphatic carbocycles. The van der Waals surface area contributed by atoms with Crippen molar-refractivity contribution in [3.8, 4) is 0 Å². The van der Waals surface area contributed by atoms with E-state index in [-0.39, 0.29) is 5.97 Å². The molecule has 0 aromatic carbocycles. The quantitative estimate of drug-likeness (QED) is 0.226. The van der Waals surface area contributed by atoms with Crippen LogP contribution in [0.3, 0.4) is 0 Å². The molecule has 2 nitrogen and oxygen atoms in total. The van der Waals surface area contributed by atoms with Crippen LogP contribution in [0.5, 0.6) is 0 Å². The van der Waals surface area contributed by atoms with E-state index < -0.39 is 8.07 Å². The van der Waals surface area contributed by atoms with Crippen LogP contribution in [0.2, 0.25) is 24.2 Å². The molecule has 0 saturated carbocycles. The second-order valence-electron chi connectivity index (χ2n) is 5.77. The number of rotatable bonds is 11. The Morgan fingerprint density at radius 1 is 1.00 bits per heavy atom. The van der Waals surface area contributed by atoms with Gasteiger partial charge in [0.1, 0.15) is 0 Å². The molecule has 0 fully saturated rings. The van der Waals surface area contributed by atoms with E-state index >= 15 is 0 Å². The summed E-state index contributed by atoms with van der Waals surface area (Å²) in [6.07, 6.45) is 4.94. The Morgan fingerprint density at radius 3 is 1.84 bits per heavy atom. The van der Waals surface area contributed by atoms with Gasteiger partial charge in [0.15, 0.2) is 0 Å². The standard InChI is InChI=1S/C16H32O2Si/c1-6-11-19(12-7-2,13-8-3)14-9-10-18-16(17)15(4)5/h4,6-14H2,1-3,5H3. The summed E-state index contributed by atoms with van der Waals surface area (Å²) >= 11 is 0. The Labute approximate surface area is 120 Å². The maximum atomic E-state index is 11.3. The van der Waals surface area contributed by atoms with E-state index in [4.69, 9.17) is 4.74 Å². The maximum absolute atomic E-state index is 11.3. The molecule has 3 heteroatoms. The van der Waals surface area contributed by atoms with Crippen molar-refractivity contribution in [3.05, 3.63) is 12.2 Å². The first-order chi connectivity index (χ1) is 9.01. The maximum Gasteiger partial charge on any atom is 0.333 e. The summed E-state index contributed by atoms with van der Waals surface area (Å²) in [5.74, 6) is -0.242. The number of hydrogen-bond acceptors (Lipinski definition) is 2. The monoisotopic (exact) mass is 284 g/mol. The van der Waals surface area contributed by atoms with Gasteiger partial charge in [-0.2, -0.15) is 0 Å². The topological polar surface area (TPSA) is 26.3 Å². The average Bonchev–Trinajstić information content (AvgIpc) is 2.35. The summed E-state index contributed by atoms with van der Waals surface area (Å²) < 4.78 is 5.22. The van der Waals surface area contributed by atoms with E-state index in [2.05, 4.69) is 27.4 Å². The fourth-order valence-corrected chi connectivity index (χ4v) is 8.65. The van der Waals surface area contributed by atoms with Crippen LogP contribution in [0.4, 0.5) is 0 Å². The van der Waals surface area contributed by atoms with Crippen molar-refractivity contribution in [2.24, 2.45) is 0 Å². The lowest BCUT2D eigenvalue weighted by Gasteiger charge is -2.31. The van der Waals surface area contributed by atoms with Crippen LogP contribution in [-0.4, -0.2) is 20.7 Å². The van der Waals surface area contributed by atoms with Crippen molar-refractivity contribution >= 4 is 14.0 Å². The molecule has 112 valence electrons. The average molecular weight is 285 g/mol. The van der Waals surface area contributed by atoms with Gasteiger partial charge in [0.25, 0.3) is 0 Å². The van der Waals surface area contributed by atoms with E-state index in [0.717, 1.165) is 6.42 Å². The predicted molar refractivity (Wildman–Crippen MR) is 86.2 cm³/mol. The molecule has 0 bridgehead atoms. The molecule has 0 aromatic rings. The molecule has 0 aliphatic rings. The third-order valence-corrected chi connectivity index (χ3v) is 9.87. The molecule has 0 amide bonds. The Balaban J connectivity index is 4.24. The van der Waals surface area contributed by atoms with Crippen molar-refractivity contribution in [2.45, 2.75) is 77.6 Å². The molecule has 0 aliphatic heterocycles. The fourth-order valence-electron chi connectivity index (χ4n) is 3.08. The minimum Gasteiger partial charge on any atom is -0.462 e. The number of ether oxygens (including phenoxy) is 1. The van der Waals surface area contributed by atoms with Crippen molar-refractivity contribution in [2.75, 3.05) is 6.61 Å². The highest BCUT2D eigenvalue weighted by Crippen LogP contribution is 2.31. The Bertz CT molecular complexity index is 257. The van der Waals surface area contributed by atoms with Gasteiger partial charge in [-0.15, -0.1) is 0 Å². The van der Waals surface area contributed by atoms with E-state index in [1.165, 1.54) is 43.4 Å². The Morgan fingerprint density at radius 2 is 1.47 bits per heavy atom. The molecule has 0 unspecified atom stereocenters. The first-order valence-electron chi connectivity index (χ1n) is 7.84. The Kier molecular flexibility index (Phi) is 9.93. The van der Waals surface area contributed by atoms with E-state index in [0.29, 0.717) is 12.2 Å². The second kappa shape index (κ2) is 10.2. The zero-order valence-electron chi connectivity index (χ0n) is 13.4. The first-order valence-corrected chi connectivity index (χ1v) is 10.7. The third kappa shape index (κ3) is 7.56. The molecule has 0 rings (SSSR count). The van der Waals surface area contributed by atoms with Crippen LogP contribution in [0, 0.1) is 0 Å². The number of carbonyl (C=O) groups excluding carboxylic acids is 1. The van der Waals surface area contributed by atoms with Crippen molar-refractivity contribution in [3.63, 3.8) is 0 Å². The normalized spacial score (nSPS) is 11.4. The molecule has 0 N–H and O–H groups in total. The lowest BCUT2D eigenvalue weighted by Crippen LogP contribution is -2.33. The lowest BCUT2D eigenvalue weighted by molar-refractivity contribution is -0.138. The fraction of sp³-hybridized carbons (Fsp3) is 0.812. The first kappa shape index (κ1) is 18.4. The summed E-state index contributed by atoms with van der Waals surface area (Å²) in [5.41, 5.74) is 0.499. The van der Waals surface area contributed by atoms with Gasteiger partial charge < -0.3 is 4.74 Å². The minimum atomic E-state index is -1.11. The number of esters is 1. The van der Waals surface area contributed by atoms with Gasteiger partial charge in [0, 0.05) is 5.57 Å². The van der Waals surface area contributed by atoms with Crippen molar-refractivity contribution < 1.29 is 9.53 Å². The molecule has 0 spiro atoms. The number of hydrogen-bond donors (Lipinski definition) is 0. The molecule has 0 saturated heterocycles. The molecule has 19 heavy (non-hydrogen) atoms. The van der Waals surface area contributed by atoms with Gasteiger partial charge in [0.05, 0.1) is 14.7 Å². The van der Waals surface area contributed by atoms with Crippen molar-refractivity contribution in [1.29, 1.82) is 0 Å². The zero-order chi connectivity index (χ0) is 14.7. The SMILES string of the molecule is C=C(C)C(=O)OCCC[Si](CCC)(CCC)CCC. The van der Waals surface area contributed by atoms with E-state index in [1.807, 2.05) is 0 Å². The van der Waals surface area contributed by atoms with Gasteiger partial charge in [0.2, 0.25) is 0 Å². The van der Waals surface area contributed by atoms with E-state index in [9.17, 15) is 4.79 Å². The summed E-state index contributed by atoms with van der Waals surface area (Å²) in [7, 11) is -1.11. The lowest BCUT2D eigenvalue weighted by atomic mass is 10.4. The van der Waals surface area contributed by atoms with Gasteiger partial charge in [-0.05, 0) is 13.3 Å². The van der Waals surface area contributed by atoms with Crippen LogP contribution in [0.25, 0.3) is 0 Å². The van der Waals surface area contributed by atoms with Crippen LogP contribution < -0.4 is 0 Å². The largest absolute Gasteiger partial charge is 0.462 e. The van der Waals surface area contributed by atoms with Gasteiger partial charge in [-0.1, -0.05) is 70.8 Å². The highest BCUT2D eigenvalue weighted by atomic mass is 28.3. The van der Waals surface area contributed by atoms with E-state index in [1.54, 1.807) is 6.92 Å². The van der Waals surface area contributed by atoms with Crippen LogP contribution in [0.15, 0.2) is 12.2 Å². The summed E-state index contributed by atoms with van der Waals surface area (Å²) in [4.78, 5) is 11.3. The number of carbonyl (C=O) groups is 1. The van der Waals surface area contributed by atoms with Crippen LogP contribution in [0.1, 0.15) is 53.4 Å². The minimum absolute atomic E-state index is 0.242. The van der Waals surface area contributed by atoms with Gasteiger partial charge in [-0.25, -0.2) is 4.79 Å². The van der Waals surface area contributed by atoms with Gasteiger partial charge >= 0.3 is 5.97 Å². The molecule has 0 radical (unpaired) electrons. The highest BCUT2D eigenvalue weighted by Gasteiger charge is 2.29. The smallest absolute Gasteiger partial charge is 0.333 e. The van der Waals surface area contributed by atoms with Gasteiger partial charge in [-0.3, -0.25) is 0 Å². The highest BCUT2D eigenvalue weighted by molar-refractivity contribution is 6.79. The summed E-state index contributed by atoms with van der Waals surface area (Å²) in [5, 5.41) is 0. The van der Waals surface area contributed by atoms with Crippen molar-refractivity contribution in [1.82, 2.24) is 0 Å². The summed E-state index contributed by atoms with van der Waals surface area (Å²) in [6.45, 7) is 12.8. The molecule has 0 atom stereocenters. The zero-order valence-corrected chi connectivity index (χ0v) is 14.4. The second-order valence-corrected chi connectivity index (χ2v) is 10.8. The molecular weight excluding hydrogens is 252 g/mol. The predicted octanol–water partition coefficient (Wildman–Crippen LogP) is 5.17. The third-order valence-electron chi connectivity index (χ3n) is 3.77. The van der Waals surface area contributed by atoms with Crippen LogP contribution in [-0.2, 0) is 9.53 Å². The Hall–Kier alpha value is -0.573. The molecular formula is C16H32O2Si. The molecule has 0 aromatic heterocycles.